The second-order valence-electron chi connectivity index (χ2n) is 3.70. The summed E-state index contributed by atoms with van der Waals surface area (Å²) in [5, 5.41) is 3.45. The second kappa shape index (κ2) is 4.73. The summed E-state index contributed by atoms with van der Waals surface area (Å²) in [5.74, 6) is 0.934. The molecule has 0 aliphatic heterocycles. The summed E-state index contributed by atoms with van der Waals surface area (Å²) in [4.78, 5) is 0. The summed E-state index contributed by atoms with van der Waals surface area (Å²) in [7, 11) is 0. The van der Waals surface area contributed by atoms with Gasteiger partial charge in [0.25, 0.3) is 0 Å². The molecule has 0 spiro atoms. The summed E-state index contributed by atoms with van der Waals surface area (Å²) in [5.41, 5.74) is 5.49. The van der Waals surface area contributed by atoms with Crippen LogP contribution in [0.15, 0.2) is 0 Å². The van der Waals surface area contributed by atoms with Crippen molar-refractivity contribution in [2.75, 3.05) is 13.1 Å². The first kappa shape index (κ1) is 9.01. The fourth-order valence-corrected chi connectivity index (χ4v) is 1.67. The van der Waals surface area contributed by atoms with E-state index in [0.29, 0.717) is 6.04 Å². The molecular formula is C9H20N2. The zero-order valence-electron chi connectivity index (χ0n) is 7.47. The average Bonchev–Trinajstić information content (AvgIpc) is 2.52. The van der Waals surface area contributed by atoms with E-state index < -0.39 is 0 Å². The molecule has 0 heterocycles. The molecule has 1 rings (SSSR count). The molecule has 11 heavy (non-hydrogen) atoms. The van der Waals surface area contributed by atoms with Crippen molar-refractivity contribution < 1.29 is 0 Å². The van der Waals surface area contributed by atoms with Crippen molar-refractivity contribution in [3.05, 3.63) is 0 Å². The van der Waals surface area contributed by atoms with Crippen LogP contribution in [0.1, 0.15) is 32.6 Å². The Morgan fingerprint density at radius 1 is 1.45 bits per heavy atom. The van der Waals surface area contributed by atoms with Crippen LogP contribution in [-0.4, -0.2) is 19.1 Å². The lowest BCUT2D eigenvalue weighted by Gasteiger charge is -2.14. The lowest BCUT2D eigenvalue weighted by Crippen LogP contribution is -2.35. The molecular weight excluding hydrogens is 136 g/mol. The maximum atomic E-state index is 5.49. The smallest absolute Gasteiger partial charge is 0.0162 e. The van der Waals surface area contributed by atoms with Crippen molar-refractivity contribution in [1.82, 2.24) is 5.32 Å². The van der Waals surface area contributed by atoms with Gasteiger partial charge < -0.3 is 11.1 Å². The van der Waals surface area contributed by atoms with E-state index in [1.165, 1.54) is 32.2 Å². The molecule has 0 radical (unpaired) electrons. The van der Waals surface area contributed by atoms with E-state index in [4.69, 9.17) is 5.73 Å². The number of hydrogen-bond donors (Lipinski definition) is 2. The van der Waals surface area contributed by atoms with Gasteiger partial charge >= 0.3 is 0 Å². The number of nitrogens with two attached hydrogens (primary N) is 1. The van der Waals surface area contributed by atoms with Crippen molar-refractivity contribution in [2.24, 2.45) is 11.7 Å². The average molecular weight is 156 g/mol. The molecule has 3 N–H and O–H groups in total. The van der Waals surface area contributed by atoms with E-state index >= 15 is 0 Å². The van der Waals surface area contributed by atoms with E-state index in [1.54, 1.807) is 0 Å². The van der Waals surface area contributed by atoms with Gasteiger partial charge in [-0.05, 0) is 32.2 Å². The Hall–Kier alpha value is -0.0800. The standard InChI is InChI=1S/C9H20N2/c1-8(6-10)11-7-9-4-2-3-5-9/h8-9,11H,2-7,10H2,1H3/t8-/m0/s1. The maximum Gasteiger partial charge on any atom is 0.0162 e. The largest absolute Gasteiger partial charge is 0.329 e. The molecule has 0 unspecified atom stereocenters. The van der Waals surface area contributed by atoms with Gasteiger partial charge in [0.1, 0.15) is 0 Å². The van der Waals surface area contributed by atoms with Crippen molar-refractivity contribution in [2.45, 2.75) is 38.6 Å². The monoisotopic (exact) mass is 156 g/mol. The van der Waals surface area contributed by atoms with Crippen LogP contribution in [0.3, 0.4) is 0 Å². The Bertz CT molecular complexity index is 97.7. The van der Waals surface area contributed by atoms with E-state index in [0.717, 1.165) is 12.5 Å². The van der Waals surface area contributed by atoms with Gasteiger partial charge in [-0.2, -0.15) is 0 Å². The van der Waals surface area contributed by atoms with Gasteiger partial charge in [-0.3, -0.25) is 0 Å². The molecule has 0 aromatic heterocycles. The van der Waals surface area contributed by atoms with E-state index in [1.807, 2.05) is 0 Å². The van der Waals surface area contributed by atoms with Gasteiger partial charge in [0.15, 0.2) is 0 Å². The normalized spacial score (nSPS) is 22.4. The van der Waals surface area contributed by atoms with Gasteiger partial charge in [0.2, 0.25) is 0 Å². The summed E-state index contributed by atoms with van der Waals surface area (Å²) < 4.78 is 0. The lowest BCUT2D eigenvalue weighted by atomic mass is 10.1. The van der Waals surface area contributed by atoms with Crippen LogP contribution in [0.4, 0.5) is 0 Å². The van der Waals surface area contributed by atoms with E-state index in [9.17, 15) is 0 Å². The Morgan fingerprint density at radius 3 is 2.64 bits per heavy atom. The molecule has 1 saturated carbocycles. The van der Waals surface area contributed by atoms with Gasteiger partial charge in [-0.15, -0.1) is 0 Å². The molecule has 2 heteroatoms. The highest BCUT2D eigenvalue weighted by Crippen LogP contribution is 2.23. The van der Waals surface area contributed by atoms with Crippen molar-refractivity contribution in [3.63, 3.8) is 0 Å². The first-order valence-corrected chi connectivity index (χ1v) is 4.76. The number of nitrogens with one attached hydrogen (secondary N) is 1. The Kier molecular flexibility index (Phi) is 3.87. The molecule has 1 atom stereocenters. The van der Waals surface area contributed by atoms with Crippen LogP contribution in [0, 0.1) is 5.92 Å². The second-order valence-corrected chi connectivity index (χ2v) is 3.70. The fourth-order valence-electron chi connectivity index (χ4n) is 1.67. The summed E-state index contributed by atoms with van der Waals surface area (Å²) in [6.07, 6.45) is 5.71. The summed E-state index contributed by atoms with van der Waals surface area (Å²) in [6, 6.07) is 0.496. The van der Waals surface area contributed by atoms with Crippen LogP contribution >= 0.6 is 0 Å². The van der Waals surface area contributed by atoms with Crippen molar-refractivity contribution in [3.8, 4) is 0 Å². The number of rotatable bonds is 4. The van der Waals surface area contributed by atoms with Crippen LogP contribution < -0.4 is 11.1 Å². The highest BCUT2D eigenvalue weighted by atomic mass is 14.9. The minimum Gasteiger partial charge on any atom is -0.329 e. The predicted molar refractivity (Wildman–Crippen MR) is 48.5 cm³/mol. The topological polar surface area (TPSA) is 38.0 Å². The number of hydrogen-bond acceptors (Lipinski definition) is 2. The molecule has 1 aliphatic rings. The van der Waals surface area contributed by atoms with Crippen molar-refractivity contribution >= 4 is 0 Å². The summed E-state index contributed by atoms with van der Waals surface area (Å²) >= 11 is 0. The lowest BCUT2D eigenvalue weighted by molar-refractivity contribution is 0.449. The highest BCUT2D eigenvalue weighted by molar-refractivity contribution is 4.71. The molecule has 0 bridgehead atoms. The molecule has 0 amide bonds. The SMILES string of the molecule is C[C@@H](CN)NCC1CCCC1. The molecule has 0 aromatic carbocycles. The first-order valence-electron chi connectivity index (χ1n) is 4.76. The van der Waals surface area contributed by atoms with Crippen LogP contribution in [0.5, 0.6) is 0 Å². The van der Waals surface area contributed by atoms with E-state index in [2.05, 4.69) is 12.2 Å². The van der Waals surface area contributed by atoms with Crippen molar-refractivity contribution in [1.29, 1.82) is 0 Å². The van der Waals surface area contributed by atoms with Gasteiger partial charge in [-0.25, -0.2) is 0 Å². The molecule has 0 saturated heterocycles. The predicted octanol–water partition coefficient (Wildman–Crippen LogP) is 1.11. The highest BCUT2D eigenvalue weighted by Gasteiger charge is 2.14. The Labute approximate surface area is 69.5 Å². The van der Waals surface area contributed by atoms with Crippen LogP contribution in [0.2, 0.25) is 0 Å². The van der Waals surface area contributed by atoms with E-state index in [-0.39, 0.29) is 0 Å². The maximum absolute atomic E-state index is 5.49. The van der Waals surface area contributed by atoms with Gasteiger partial charge in [0, 0.05) is 12.6 Å². The summed E-state index contributed by atoms with van der Waals surface area (Å²) in [6.45, 7) is 4.08. The Balaban J connectivity index is 2.01. The minimum absolute atomic E-state index is 0.496. The fraction of sp³-hybridized carbons (Fsp3) is 1.00. The molecule has 1 aliphatic carbocycles. The zero-order chi connectivity index (χ0) is 8.10. The molecule has 1 fully saturated rings. The van der Waals surface area contributed by atoms with Crippen LogP contribution in [0.25, 0.3) is 0 Å². The minimum atomic E-state index is 0.496. The first-order chi connectivity index (χ1) is 5.33. The van der Waals surface area contributed by atoms with Gasteiger partial charge in [0.05, 0.1) is 0 Å². The van der Waals surface area contributed by atoms with Crippen LogP contribution in [-0.2, 0) is 0 Å². The third kappa shape index (κ3) is 3.21. The molecule has 2 nitrogen and oxygen atoms in total. The third-order valence-electron chi connectivity index (χ3n) is 2.58. The third-order valence-corrected chi connectivity index (χ3v) is 2.58. The van der Waals surface area contributed by atoms with Gasteiger partial charge in [-0.1, -0.05) is 12.8 Å². The zero-order valence-corrected chi connectivity index (χ0v) is 7.47. The quantitative estimate of drug-likeness (QED) is 0.640. The molecule has 0 aromatic rings. The Morgan fingerprint density at radius 2 is 2.09 bits per heavy atom. The molecule has 66 valence electrons.